The van der Waals surface area contributed by atoms with Gasteiger partial charge in [-0.3, -0.25) is 4.79 Å². The van der Waals surface area contributed by atoms with Crippen molar-refractivity contribution < 1.29 is 33.6 Å². The molecule has 1 aromatic heterocycles. The maximum Gasteiger partial charge on any atom is 0.337 e. The van der Waals surface area contributed by atoms with Crippen LogP contribution < -0.4 is 14.8 Å². The summed E-state index contributed by atoms with van der Waals surface area (Å²) >= 11 is 0. The van der Waals surface area contributed by atoms with Crippen LogP contribution in [0.25, 0.3) is 0 Å². The van der Waals surface area contributed by atoms with Crippen molar-refractivity contribution in [3.05, 3.63) is 78.0 Å². The molecule has 0 bridgehead atoms. The minimum absolute atomic E-state index is 0.0320. The average Bonchev–Trinajstić information content (AvgIpc) is 2.84. The summed E-state index contributed by atoms with van der Waals surface area (Å²) in [5.74, 6) is 0.212. The highest BCUT2D eigenvalue weighted by Gasteiger charge is 2.12. The monoisotopic (exact) mass is 466 g/mol. The number of nitrogens with one attached hydrogen (secondary N) is 1. The summed E-state index contributed by atoms with van der Waals surface area (Å²) in [5, 5.41) is 11.8. The maximum absolute atomic E-state index is 12.3. The van der Waals surface area contributed by atoms with E-state index in [1.54, 1.807) is 67.9 Å². The highest BCUT2D eigenvalue weighted by atomic mass is 16.5. The first-order valence-corrected chi connectivity index (χ1v) is 10.6. The van der Waals surface area contributed by atoms with Crippen LogP contribution in [0.1, 0.15) is 15.9 Å². The number of hydrogen-bond donors (Lipinski definition) is 2. The van der Waals surface area contributed by atoms with Crippen molar-refractivity contribution in [1.29, 1.82) is 0 Å². The van der Waals surface area contributed by atoms with Gasteiger partial charge in [-0.25, -0.2) is 9.78 Å². The van der Waals surface area contributed by atoms with Crippen molar-refractivity contribution >= 4 is 17.6 Å². The van der Waals surface area contributed by atoms with Crippen LogP contribution >= 0.6 is 0 Å². The van der Waals surface area contributed by atoms with Gasteiger partial charge in [0.15, 0.2) is 0 Å². The minimum atomic E-state index is -1.11. The summed E-state index contributed by atoms with van der Waals surface area (Å²) in [6.07, 6.45) is 1.58. The van der Waals surface area contributed by atoms with E-state index in [1.165, 1.54) is 6.07 Å². The van der Waals surface area contributed by atoms with Crippen LogP contribution in [0.2, 0.25) is 0 Å². The predicted octanol–water partition coefficient (Wildman–Crippen LogP) is 3.80. The highest BCUT2D eigenvalue weighted by molar-refractivity contribution is 6.00. The van der Waals surface area contributed by atoms with E-state index in [-0.39, 0.29) is 23.6 Å². The molecular weight excluding hydrogens is 440 g/mol. The van der Waals surface area contributed by atoms with Crippen LogP contribution in [0.3, 0.4) is 0 Å². The molecule has 9 nitrogen and oxygen atoms in total. The normalized spacial score (nSPS) is 10.5. The van der Waals surface area contributed by atoms with Crippen LogP contribution in [-0.4, -0.2) is 55.5 Å². The second-order valence-corrected chi connectivity index (χ2v) is 7.11. The number of carbonyl (C=O) groups excluding carboxylic acids is 1. The number of amides is 1. The second-order valence-electron chi connectivity index (χ2n) is 7.11. The number of ether oxygens (including phenoxy) is 4. The quantitative estimate of drug-likeness (QED) is 0.366. The number of carbonyl (C=O) groups is 2. The van der Waals surface area contributed by atoms with Crippen molar-refractivity contribution in [2.24, 2.45) is 0 Å². The Bertz CT molecular complexity index is 1070. The van der Waals surface area contributed by atoms with Crippen molar-refractivity contribution in [3.63, 3.8) is 0 Å². The minimum Gasteiger partial charge on any atom is -0.491 e. The molecule has 1 heterocycles. The van der Waals surface area contributed by atoms with Crippen molar-refractivity contribution in [3.8, 4) is 17.4 Å². The van der Waals surface area contributed by atoms with Crippen LogP contribution in [0.15, 0.2) is 66.9 Å². The molecule has 0 aliphatic heterocycles. The van der Waals surface area contributed by atoms with Crippen LogP contribution in [0, 0.1) is 0 Å². The molecule has 2 N–H and O–H groups in total. The lowest BCUT2D eigenvalue weighted by Gasteiger charge is -2.10. The number of nitrogens with zero attached hydrogens (tertiary/aromatic N) is 1. The first-order valence-electron chi connectivity index (χ1n) is 10.6. The van der Waals surface area contributed by atoms with Crippen molar-refractivity contribution in [1.82, 2.24) is 4.98 Å². The van der Waals surface area contributed by atoms with Crippen LogP contribution in [-0.2, 0) is 20.7 Å². The number of carboxylic acid groups (broad SMARTS) is 1. The predicted molar refractivity (Wildman–Crippen MR) is 125 cm³/mol. The molecular formula is C25H26N2O7. The number of aromatic nitrogens is 1. The third-order valence-corrected chi connectivity index (χ3v) is 4.57. The first kappa shape index (κ1) is 24.7. The molecule has 3 aromatic rings. The van der Waals surface area contributed by atoms with E-state index in [1.807, 2.05) is 0 Å². The topological polar surface area (TPSA) is 116 Å². The molecule has 0 spiro atoms. The van der Waals surface area contributed by atoms with Gasteiger partial charge in [0, 0.05) is 19.4 Å². The van der Waals surface area contributed by atoms with E-state index in [0.717, 1.165) is 0 Å². The molecule has 0 aliphatic rings. The molecule has 0 saturated heterocycles. The first-order chi connectivity index (χ1) is 16.5. The molecule has 2 aromatic carbocycles. The zero-order valence-electron chi connectivity index (χ0n) is 18.7. The Labute approximate surface area is 197 Å². The van der Waals surface area contributed by atoms with Gasteiger partial charge in [0.2, 0.25) is 11.8 Å². The third kappa shape index (κ3) is 7.88. The largest absolute Gasteiger partial charge is 0.491 e. The lowest BCUT2D eigenvalue weighted by Crippen LogP contribution is -2.16. The van der Waals surface area contributed by atoms with Gasteiger partial charge in [0.05, 0.1) is 37.5 Å². The van der Waals surface area contributed by atoms with Gasteiger partial charge in [0.25, 0.3) is 0 Å². The van der Waals surface area contributed by atoms with Crippen LogP contribution in [0.5, 0.6) is 17.4 Å². The number of aromatic carboxylic acids is 1. The lowest BCUT2D eigenvalue weighted by atomic mass is 10.1. The van der Waals surface area contributed by atoms with Gasteiger partial charge >= 0.3 is 5.97 Å². The smallest absolute Gasteiger partial charge is 0.337 e. The average molecular weight is 466 g/mol. The summed E-state index contributed by atoms with van der Waals surface area (Å²) in [7, 11) is 1.62. The fraction of sp³-hybridized carbons (Fsp3) is 0.240. The highest BCUT2D eigenvalue weighted by Crippen LogP contribution is 2.23. The molecule has 0 unspecified atom stereocenters. The van der Waals surface area contributed by atoms with Gasteiger partial charge in [-0.05, 0) is 42.0 Å². The zero-order chi connectivity index (χ0) is 24.2. The number of rotatable bonds is 13. The molecule has 1 amide bonds. The van der Waals surface area contributed by atoms with Gasteiger partial charge in [-0.1, -0.05) is 18.2 Å². The SMILES string of the molecule is COCCOCCOc1ccc(Oc2ccc(CC(=O)Nc3ccccc3C(=O)O)cn2)cc1. The molecule has 0 aliphatic carbocycles. The number of anilines is 1. The van der Waals surface area contributed by atoms with E-state index < -0.39 is 5.97 Å². The molecule has 0 fully saturated rings. The molecule has 34 heavy (non-hydrogen) atoms. The molecule has 0 atom stereocenters. The number of para-hydroxylation sites is 1. The summed E-state index contributed by atoms with van der Waals surface area (Å²) in [5.41, 5.74) is 0.942. The fourth-order valence-electron chi connectivity index (χ4n) is 2.92. The van der Waals surface area contributed by atoms with E-state index in [2.05, 4.69) is 10.3 Å². The number of carboxylic acids is 1. The van der Waals surface area contributed by atoms with Crippen LogP contribution in [0.4, 0.5) is 5.69 Å². The Balaban J connectivity index is 1.46. The number of methoxy groups -OCH3 is 1. The Kier molecular flexibility index (Phi) is 9.39. The molecule has 0 radical (unpaired) electrons. The standard InChI is InChI=1S/C25H26N2O7/c1-31-12-13-32-14-15-33-19-7-9-20(10-8-19)34-24-11-6-18(17-26-24)16-23(28)27-22-5-3-2-4-21(22)25(29)30/h2-11,17H,12-16H2,1H3,(H,27,28)(H,29,30). The van der Waals surface area contributed by atoms with Gasteiger partial charge in [-0.15, -0.1) is 0 Å². The third-order valence-electron chi connectivity index (χ3n) is 4.57. The Hall–Kier alpha value is -3.95. The van der Waals surface area contributed by atoms with Crippen molar-refractivity contribution in [2.75, 3.05) is 38.9 Å². The van der Waals surface area contributed by atoms with Gasteiger partial charge in [0.1, 0.15) is 18.1 Å². The Morgan fingerprint density at radius 2 is 1.65 bits per heavy atom. The van der Waals surface area contributed by atoms with E-state index in [9.17, 15) is 14.7 Å². The zero-order valence-corrected chi connectivity index (χ0v) is 18.7. The van der Waals surface area contributed by atoms with Crippen molar-refractivity contribution in [2.45, 2.75) is 6.42 Å². The van der Waals surface area contributed by atoms with E-state index >= 15 is 0 Å². The lowest BCUT2D eigenvalue weighted by molar-refractivity contribution is -0.115. The summed E-state index contributed by atoms with van der Waals surface area (Å²) in [6, 6.07) is 16.7. The molecule has 0 saturated carbocycles. The van der Waals surface area contributed by atoms with Gasteiger partial charge < -0.3 is 29.4 Å². The Morgan fingerprint density at radius 3 is 2.35 bits per heavy atom. The molecule has 9 heteroatoms. The number of pyridine rings is 1. The molecule has 3 rings (SSSR count). The maximum atomic E-state index is 12.3. The second kappa shape index (κ2) is 12.9. The summed E-state index contributed by atoms with van der Waals surface area (Å²) in [4.78, 5) is 27.8. The van der Waals surface area contributed by atoms with E-state index in [0.29, 0.717) is 49.4 Å². The molecule has 178 valence electrons. The number of benzene rings is 2. The summed E-state index contributed by atoms with van der Waals surface area (Å²) in [6.45, 7) is 1.99. The fourth-order valence-corrected chi connectivity index (χ4v) is 2.92. The Morgan fingerprint density at radius 1 is 0.912 bits per heavy atom. The summed E-state index contributed by atoms with van der Waals surface area (Å²) < 4.78 is 21.6. The van der Waals surface area contributed by atoms with E-state index in [4.69, 9.17) is 18.9 Å². The van der Waals surface area contributed by atoms with Gasteiger partial charge in [-0.2, -0.15) is 0 Å². The number of hydrogen-bond acceptors (Lipinski definition) is 7.